The van der Waals surface area contributed by atoms with E-state index in [1.807, 2.05) is 0 Å². The summed E-state index contributed by atoms with van der Waals surface area (Å²) < 4.78 is 2.68. The van der Waals surface area contributed by atoms with Crippen LogP contribution in [0, 0.1) is 0 Å². The van der Waals surface area contributed by atoms with Crippen LogP contribution in [0.15, 0.2) is 24.3 Å². The van der Waals surface area contributed by atoms with Crippen LogP contribution in [0.3, 0.4) is 0 Å². The Bertz CT molecular complexity index is 500. The maximum atomic E-state index is 2.63. The fraction of sp³-hybridized carbons (Fsp3) is 0.700. The maximum Gasteiger partial charge on any atom is 0.104 e. The molecule has 0 aromatic heterocycles. The Balaban J connectivity index is 1.26. The van der Waals surface area contributed by atoms with Crippen LogP contribution in [0.5, 0.6) is 0 Å². The minimum absolute atomic E-state index is 1.25. The van der Waals surface area contributed by atoms with Gasteiger partial charge in [0.25, 0.3) is 0 Å². The highest BCUT2D eigenvalue weighted by atomic mass is 15.5. The molecule has 0 saturated carbocycles. The summed E-state index contributed by atoms with van der Waals surface area (Å²) in [6.45, 7) is 18.5. The van der Waals surface area contributed by atoms with Gasteiger partial charge in [0.15, 0.2) is 0 Å². The van der Waals surface area contributed by atoms with Crippen LogP contribution < -0.4 is 0 Å². The van der Waals surface area contributed by atoms with Gasteiger partial charge >= 0.3 is 0 Å². The number of piperazine rings is 6. The maximum absolute atomic E-state index is 2.63. The van der Waals surface area contributed by atoms with Gasteiger partial charge in [0.1, 0.15) is 13.1 Å². The molecular weight excluding hydrogens is 296 g/mol. The molecular formula is C20H32N4+2. The summed E-state index contributed by atoms with van der Waals surface area (Å²) in [5.41, 5.74) is 3.11. The molecule has 4 nitrogen and oxygen atoms in total. The molecule has 6 heterocycles. The lowest BCUT2D eigenvalue weighted by molar-refractivity contribution is -0.953. The molecule has 0 amide bonds. The summed E-state index contributed by atoms with van der Waals surface area (Å²) >= 11 is 0. The van der Waals surface area contributed by atoms with E-state index in [1.165, 1.54) is 101 Å². The number of quaternary nitrogens is 2. The van der Waals surface area contributed by atoms with Gasteiger partial charge in [-0.2, -0.15) is 0 Å². The molecule has 0 N–H and O–H groups in total. The first kappa shape index (κ1) is 15.3. The summed E-state index contributed by atoms with van der Waals surface area (Å²) in [6.07, 6.45) is 0. The average Bonchev–Trinajstić information content (AvgIpc) is 2.66. The Morgan fingerprint density at radius 2 is 0.833 bits per heavy atom. The summed E-state index contributed by atoms with van der Waals surface area (Å²) in [5.74, 6) is 0. The topological polar surface area (TPSA) is 6.48 Å². The van der Waals surface area contributed by atoms with Gasteiger partial charge in [0.05, 0.1) is 39.3 Å². The number of hydrogen-bond acceptors (Lipinski definition) is 2. The second kappa shape index (κ2) is 5.80. The molecule has 1 aromatic rings. The second-order valence-corrected chi connectivity index (χ2v) is 8.84. The third kappa shape index (κ3) is 2.80. The number of rotatable bonds is 4. The molecule has 0 aliphatic carbocycles. The van der Waals surface area contributed by atoms with Gasteiger partial charge in [-0.3, -0.25) is 9.80 Å². The molecule has 24 heavy (non-hydrogen) atoms. The Morgan fingerprint density at radius 3 is 1.12 bits per heavy atom. The van der Waals surface area contributed by atoms with Crippen LogP contribution in [-0.2, 0) is 13.1 Å². The Labute approximate surface area is 146 Å². The first-order chi connectivity index (χ1) is 11.7. The van der Waals surface area contributed by atoms with E-state index in [-0.39, 0.29) is 0 Å². The normalized spacial score (nSPS) is 40.8. The number of hydrogen-bond donors (Lipinski definition) is 0. The molecule has 0 unspecified atom stereocenters. The van der Waals surface area contributed by atoms with Gasteiger partial charge in [-0.05, 0) is 0 Å². The highest BCUT2D eigenvalue weighted by molar-refractivity contribution is 5.21. The smallest absolute Gasteiger partial charge is 0.104 e. The third-order valence-electron chi connectivity index (χ3n) is 7.40. The molecule has 0 atom stereocenters. The Hall–Kier alpha value is -0.940. The predicted octanol–water partition coefficient (Wildman–Crippen LogP) is 0.979. The van der Waals surface area contributed by atoms with Gasteiger partial charge in [0.2, 0.25) is 0 Å². The van der Waals surface area contributed by atoms with E-state index < -0.39 is 0 Å². The molecule has 4 bridgehead atoms. The lowest BCUT2D eigenvalue weighted by Crippen LogP contribution is -2.66. The Kier molecular flexibility index (Phi) is 3.71. The van der Waals surface area contributed by atoms with Crippen molar-refractivity contribution in [1.29, 1.82) is 0 Å². The molecule has 130 valence electrons. The van der Waals surface area contributed by atoms with Crippen molar-refractivity contribution in [2.75, 3.05) is 78.5 Å². The fourth-order valence-corrected chi connectivity index (χ4v) is 5.46. The largest absolute Gasteiger partial charge is 0.317 e. The van der Waals surface area contributed by atoms with Crippen molar-refractivity contribution >= 4 is 0 Å². The summed E-state index contributed by atoms with van der Waals surface area (Å²) in [4.78, 5) is 5.27. The van der Waals surface area contributed by atoms with E-state index in [9.17, 15) is 0 Å². The summed E-state index contributed by atoms with van der Waals surface area (Å²) in [7, 11) is 0. The summed E-state index contributed by atoms with van der Waals surface area (Å²) in [6, 6.07) is 9.73. The lowest BCUT2D eigenvalue weighted by Gasteiger charge is -2.51. The van der Waals surface area contributed by atoms with Crippen molar-refractivity contribution in [2.24, 2.45) is 0 Å². The van der Waals surface area contributed by atoms with Gasteiger partial charge in [-0.25, -0.2) is 0 Å². The minimum Gasteiger partial charge on any atom is -0.317 e. The standard InChI is InChI=1S/C20H32N4/c1-2-20(18-24-14-8-22(9-15-24)10-16-24)4-3-19(1)17-23-11-5-21(6-12-23)7-13-23/h1-4H,5-18H2/q+2. The predicted molar refractivity (Wildman–Crippen MR) is 96.5 cm³/mol. The van der Waals surface area contributed by atoms with E-state index in [0.717, 1.165) is 0 Å². The molecule has 6 aliphatic rings. The highest BCUT2D eigenvalue weighted by Crippen LogP contribution is 2.25. The van der Waals surface area contributed by atoms with Crippen LogP contribution in [0.2, 0.25) is 0 Å². The van der Waals surface area contributed by atoms with E-state index in [0.29, 0.717) is 0 Å². The summed E-state index contributed by atoms with van der Waals surface area (Å²) in [5, 5.41) is 0. The fourth-order valence-electron chi connectivity index (χ4n) is 5.46. The van der Waals surface area contributed by atoms with Crippen LogP contribution in [0.25, 0.3) is 0 Å². The zero-order chi connectivity index (χ0) is 16.0. The van der Waals surface area contributed by atoms with Crippen molar-refractivity contribution in [2.45, 2.75) is 13.1 Å². The monoisotopic (exact) mass is 328 g/mol. The van der Waals surface area contributed by atoms with E-state index in [2.05, 4.69) is 34.1 Å². The van der Waals surface area contributed by atoms with Crippen molar-refractivity contribution in [1.82, 2.24) is 9.80 Å². The number of benzene rings is 1. The zero-order valence-electron chi connectivity index (χ0n) is 15.0. The molecule has 0 radical (unpaired) electrons. The number of fused-ring (bicyclic) bond motifs is 6. The van der Waals surface area contributed by atoms with Crippen LogP contribution in [-0.4, -0.2) is 97.3 Å². The molecule has 6 fully saturated rings. The van der Waals surface area contributed by atoms with Crippen LogP contribution in [0.1, 0.15) is 11.1 Å². The molecule has 4 heteroatoms. The lowest BCUT2D eigenvalue weighted by atomic mass is 10.0. The SMILES string of the molecule is c1cc(C[N+]23CCN(CC2)CC3)ccc1C[N+]12CCN(CC1)CC2. The van der Waals surface area contributed by atoms with Gasteiger partial charge in [0, 0.05) is 50.4 Å². The van der Waals surface area contributed by atoms with Crippen LogP contribution in [0.4, 0.5) is 0 Å². The van der Waals surface area contributed by atoms with Crippen molar-refractivity contribution < 1.29 is 8.97 Å². The van der Waals surface area contributed by atoms with Crippen molar-refractivity contribution in [3.05, 3.63) is 35.4 Å². The van der Waals surface area contributed by atoms with Gasteiger partial charge in [-0.15, -0.1) is 0 Å². The van der Waals surface area contributed by atoms with Crippen molar-refractivity contribution in [3.8, 4) is 0 Å². The molecule has 0 spiro atoms. The zero-order valence-corrected chi connectivity index (χ0v) is 15.0. The van der Waals surface area contributed by atoms with E-state index in [1.54, 1.807) is 11.1 Å². The minimum atomic E-state index is 1.25. The molecule has 6 aliphatic heterocycles. The molecule has 1 aromatic carbocycles. The van der Waals surface area contributed by atoms with Crippen LogP contribution >= 0.6 is 0 Å². The first-order valence-corrected chi connectivity index (χ1v) is 9.96. The number of nitrogens with zero attached hydrogens (tertiary/aromatic N) is 4. The average molecular weight is 329 g/mol. The first-order valence-electron chi connectivity index (χ1n) is 9.96. The Morgan fingerprint density at radius 1 is 0.542 bits per heavy atom. The highest BCUT2D eigenvalue weighted by Gasteiger charge is 2.39. The van der Waals surface area contributed by atoms with E-state index >= 15 is 0 Å². The second-order valence-electron chi connectivity index (χ2n) is 8.84. The van der Waals surface area contributed by atoms with Crippen molar-refractivity contribution in [3.63, 3.8) is 0 Å². The van der Waals surface area contributed by atoms with Gasteiger partial charge in [-0.1, -0.05) is 24.3 Å². The molecule has 7 rings (SSSR count). The molecule has 6 saturated heterocycles. The van der Waals surface area contributed by atoms with Gasteiger partial charge < -0.3 is 8.97 Å². The quantitative estimate of drug-likeness (QED) is 0.760. The third-order valence-corrected chi connectivity index (χ3v) is 7.40. The van der Waals surface area contributed by atoms with E-state index in [4.69, 9.17) is 0 Å².